The van der Waals surface area contributed by atoms with Crippen molar-refractivity contribution in [1.82, 2.24) is 0 Å². The lowest BCUT2D eigenvalue weighted by atomic mass is 9.87. The zero-order valence-electron chi connectivity index (χ0n) is 7.38. The number of esters is 1. The summed E-state index contributed by atoms with van der Waals surface area (Å²) < 4.78 is 4.68. The lowest BCUT2D eigenvalue weighted by Gasteiger charge is -2.24. The highest BCUT2D eigenvalue weighted by Crippen LogP contribution is 2.30. The largest absolute Gasteiger partial charge is 0.468 e. The number of carbonyl (C=O) groups excluding carboxylic acids is 1. The summed E-state index contributed by atoms with van der Waals surface area (Å²) in [5, 5.41) is 0. The molecule has 1 aliphatic carbocycles. The third kappa shape index (κ3) is 2.47. The maximum Gasteiger partial charge on any atom is 0.319 e. The molecule has 12 heavy (non-hydrogen) atoms. The van der Waals surface area contributed by atoms with Crippen molar-refractivity contribution in [3.63, 3.8) is 0 Å². The SMILES string of the molecule is COC(=O)[C@H](Br)C1CCCCC1. The van der Waals surface area contributed by atoms with E-state index in [9.17, 15) is 4.79 Å². The highest BCUT2D eigenvalue weighted by molar-refractivity contribution is 9.10. The number of methoxy groups -OCH3 is 1. The second-order valence-corrected chi connectivity index (χ2v) is 4.31. The maximum absolute atomic E-state index is 11.1. The van der Waals surface area contributed by atoms with Gasteiger partial charge in [-0.2, -0.15) is 0 Å². The average molecular weight is 235 g/mol. The Morgan fingerprint density at radius 2 is 2.00 bits per heavy atom. The van der Waals surface area contributed by atoms with Crippen LogP contribution in [0.25, 0.3) is 0 Å². The smallest absolute Gasteiger partial charge is 0.319 e. The van der Waals surface area contributed by atoms with Gasteiger partial charge in [-0.1, -0.05) is 35.2 Å². The lowest BCUT2D eigenvalue weighted by Crippen LogP contribution is -2.26. The van der Waals surface area contributed by atoms with Crippen LogP contribution in [0.5, 0.6) is 0 Å². The molecule has 0 unspecified atom stereocenters. The Morgan fingerprint density at radius 3 is 2.50 bits per heavy atom. The first-order valence-corrected chi connectivity index (χ1v) is 5.39. The molecule has 0 aromatic rings. The van der Waals surface area contributed by atoms with Crippen LogP contribution in [-0.2, 0) is 9.53 Å². The fourth-order valence-electron chi connectivity index (χ4n) is 1.73. The van der Waals surface area contributed by atoms with Crippen molar-refractivity contribution in [2.24, 2.45) is 5.92 Å². The molecule has 1 saturated carbocycles. The summed E-state index contributed by atoms with van der Waals surface area (Å²) in [5.41, 5.74) is 0. The van der Waals surface area contributed by atoms with E-state index >= 15 is 0 Å². The molecule has 1 rings (SSSR count). The second-order valence-electron chi connectivity index (χ2n) is 3.32. The second kappa shape index (κ2) is 4.85. The Labute approximate surface area is 81.8 Å². The number of alkyl halides is 1. The van der Waals surface area contributed by atoms with Crippen molar-refractivity contribution in [2.45, 2.75) is 36.9 Å². The van der Waals surface area contributed by atoms with Crippen LogP contribution in [0.3, 0.4) is 0 Å². The fraction of sp³-hybridized carbons (Fsp3) is 0.889. The standard InChI is InChI=1S/C9H15BrO2/c1-12-9(11)8(10)7-5-3-2-4-6-7/h7-8H,2-6H2,1H3/t8-/m1/s1. The monoisotopic (exact) mass is 234 g/mol. The summed E-state index contributed by atoms with van der Waals surface area (Å²) in [5.74, 6) is 0.369. The normalized spacial score (nSPS) is 21.8. The van der Waals surface area contributed by atoms with Gasteiger partial charge in [-0.15, -0.1) is 0 Å². The summed E-state index contributed by atoms with van der Waals surface area (Å²) in [6.45, 7) is 0. The topological polar surface area (TPSA) is 26.3 Å². The van der Waals surface area contributed by atoms with E-state index in [1.54, 1.807) is 0 Å². The zero-order valence-corrected chi connectivity index (χ0v) is 8.97. The molecule has 0 aromatic heterocycles. The van der Waals surface area contributed by atoms with Crippen LogP contribution in [0.15, 0.2) is 0 Å². The quantitative estimate of drug-likeness (QED) is 0.543. The lowest BCUT2D eigenvalue weighted by molar-refractivity contribution is -0.141. The Kier molecular flexibility index (Phi) is 4.06. The van der Waals surface area contributed by atoms with Crippen molar-refractivity contribution in [3.8, 4) is 0 Å². The summed E-state index contributed by atoms with van der Waals surface area (Å²) >= 11 is 3.39. The van der Waals surface area contributed by atoms with Crippen LogP contribution in [0, 0.1) is 5.92 Å². The third-order valence-electron chi connectivity index (χ3n) is 2.49. The van der Waals surface area contributed by atoms with E-state index in [2.05, 4.69) is 20.7 Å². The molecule has 0 aliphatic heterocycles. The number of halogens is 1. The number of hydrogen-bond acceptors (Lipinski definition) is 2. The molecule has 3 heteroatoms. The summed E-state index contributed by atoms with van der Waals surface area (Å²) in [4.78, 5) is 11.1. The summed E-state index contributed by atoms with van der Waals surface area (Å²) in [6, 6.07) is 0. The van der Waals surface area contributed by atoms with Gasteiger partial charge < -0.3 is 4.74 Å². The maximum atomic E-state index is 11.1. The summed E-state index contributed by atoms with van der Waals surface area (Å²) in [7, 11) is 1.44. The minimum atomic E-state index is -0.123. The van der Waals surface area contributed by atoms with Crippen molar-refractivity contribution in [1.29, 1.82) is 0 Å². The molecule has 0 aromatic carbocycles. The summed E-state index contributed by atoms with van der Waals surface area (Å²) in [6.07, 6.45) is 6.14. The van der Waals surface area contributed by atoms with Crippen LogP contribution >= 0.6 is 15.9 Å². The van der Waals surface area contributed by atoms with Gasteiger partial charge in [-0.3, -0.25) is 4.79 Å². The van der Waals surface area contributed by atoms with Gasteiger partial charge in [0, 0.05) is 0 Å². The molecule has 0 heterocycles. The van der Waals surface area contributed by atoms with E-state index in [1.165, 1.54) is 26.4 Å². The van der Waals surface area contributed by atoms with E-state index in [0.717, 1.165) is 12.8 Å². The van der Waals surface area contributed by atoms with E-state index in [-0.39, 0.29) is 10.8 Å². The van der Waals surface area contributed by atoms with Gasteiger partial charge in [0.1, 0.15) is 4.83 Å². The zero-order chi connectivity index (χ0) is 8.97. The van der Waals surface area contributed by atoms with E-state index in [0.29, 0.717) is 5.92 Å². The first-order valence-electron chi connectivity index (χ1n) is 4.47. The fourth-order valence-corrected chi connectivity index (χ4v) is 2.45. The molecule has 0 N–H and O–H groups in total. The van der Waals surface area contributed by atoms with Gasteiger partial charge in [0.2, 0.25) is 0 Å². The molecule has 0 bridgehead atoms. The highest BCUT2D eigenvalue weighted by Gasteiger charge is 2.27. The van der Waals surface area contributed by atoms with Crippen molar-refractivity contribution >= 4 is 21.9 Å². The van der Waals surface area contributed by atoms with Gasteiger partial charge in [0.05, 0.1) is 7.11 Å². The van der Waals surface area contributed by atoms with Gasteiger partial charge >= 0.3 is 5.97 Å². The highest BCUT2D eigenvalue weighted by atomic mass is 79.9. The van der Waals surface area contributed by atoms with Gasteiger partial charge in [-0.05, 0) is 18.8 Å². The number of ether oxygens (including phenoxy) is 1. The van der Waals surface area contributed by atoms with Crippen LogP contribution in [0.1, 0.15) is 32.1 Å². The molecule has 1 aliphatic rings. The van der Waals surface area contributed by atoms with Crippen molar-refractivity contribution in [2.75, 3.05) is 7.11 Å². The first-order chi connectivity index (χ1) is 5.75. The molecule has 0 saturated heterocycles. The van der Waals surface area contributed by atoms with Crippen LogP contribution in [0.4, 0.5) is 0 Å². The predicted molar refractivity (Wildman–Crippen MR) is 51.3 cm³/mol. The average Bonchev–Trinajstić information content (AvgIpc) is 2.17. The van der Waals surface area contributed by atoms with Crippen molar-refractivity contribution in [3.05, 3.63) is 0 Å². The van der Waals surface area contributed by atoms with E-state index in [4.69, 9.17) is 0 Å². The Hall–Kier alpha value is -0.0500. The van der Waals surface area contributed by atoms with Gasteiger partial charge in [0.25, 0.3) is 0 Å². The predicted octanol–water partition coefficient (Wildman–Crippen LogP) is 2.50. The Balaban J connectivity index is 2.39. The third-order valence-corrected chi connectivity index (χ3v) is 3.61. The minimum absolute atomic E-state index is 0.0807. The number of hydrogen-bond donors (Lipinski definition) is 0. The van der Waals surface area contributed by atoms with Gasteiger partial charge in [-0.25, -0.2) is 0 Å². The number of rotatable bonds is 2. The van der Waals surface area contributed by atoms with Crippen LogP contribution < -0.4 is 0 Å². The molecule has 0 radical (unpaired) electrons. The Morgan fingerprint density at radius 1 is 1.42 bits per heavy atom. The van der Waals surface area contributed by atoms with Crippen LogP contribution in [-0.4, -0.2) is 17.9 Å². The first kappa shape index (κ1) is 10.0. The molecular formula is C9H15BrO2. The van der Waals surface area contributed by atoms with Crippen LogP contribution in [0.2, 0.25) is 0 Å². The molecule has 1 atom stereocenters. The number of carbonyl (C=O) groups is 1. The molecule has 0 spiro atoms. The molecule has 2 nitrogen and oxygen atoms in total. The molecular weight excluding hydrogens is 220 g/mol. The van der Waals surface area contributed by atoms with E-state index < -0.39 is 0 Å². The Bertz CT molecular complexity index is 153. The van der Waals surface area contributed by atoms with Crippen molar-refractivity contribution < 1.29 is 9.53 Å². The molecule has 1 fully saturated rings. The van der Waals surface area contributed by atoms with E-state index in [1.807, 2.05) is 0 Å². The van der Waals surface area contributed by atoms with Gasteiger partial charge in [0.15, 0.2) is 0 Å². The molecule has 0 amide bonds. The molecule has 70 valence electrons. The minimum Gasteiger partial charge on any atom is -0.468 e.